The first-order valence-electron chi connectivity index (χ1n) is 5.42. The van der Waals surface area contributed by atoms with E-state index in [1.54, 1.807) is 13.8 Å². The van der Waals surface area contributed by atoms with Crippen LogP contribution in [0, 0.1) is 11.8 Å². The van der Waals surface area contributed by atoms with E-state index in [0.717, 1.165) is 5.56 Å². The SMILES string of the molecule is CN(CC#Cc1ccccc1)CC(C)(C)O. The van der Waals surface area contributed by atoms with Crippen LogP contribution in [0.1, 0.15) is 19.4 Å². The molecule has 0 unspecified atom stereocenters. The monoisotopic (exact) mass is 217 g/mol. The van der Waals surface area contributed by atoms with Gasteiger partial charge in [0.1, 0.15) is 0 Å². The van der Waals surface area contributed by atoms with E-state index in [1.165, 1.54) is 0 Å². The van der Waals surface area contributed by atoms with Crippen molar-refractivity contribution in [2.75, 3.05) is 20.1 Å². The molecule has 1 rings (SSSR count). The second-order valence-electron chi connectivity index (χ2n) is 4.65. The lowest BCUT2D eigenvalue weighted by Gasteiger charge is -2.23. The molecule has 0 aliphatic rings. The first-order valence-corrected chi connectivity index (χ1v) is 5.42. The molecule has 0 bridgehead atoms. The predicted octanol–water partition coefficient (Wildman–Crippen LogP) is 1.74. The van der Waals surface area contributed by atoms with Crippen LogP contribution in [0.4, 0.5) is 0 Å². The highest BCUT2D eigenvalue weighted by Gasteiger charge is 2.14. The fourth-order valence-electron chi connectivity index (χ4n) is 1.51. The van der Waals surface area contributed by atoms with Gasteiger partial charge in [0.05, 0.1) is 12.1 Å². The Balaban J connectivity index is 2.43. The topological polar surface area (TPSA) is 23.5 Å². The number of aliphatic hydroxyl groups is 1. The number of hydrogen-bond donors (Lipinski definition) is 1. The van der Waals surface area contributed by atoms with Crippen molar-refractivity contribution >= 4 is 0 Å². The van der Waals surface area contributed by atoms with Crippen LogP contribution in [-0.2, 0) is 0 Å². The van der Waals surface area contributed by atoms with Crippen LogP contribution in [0.5, 0.6) is 0 Å². The Morgan fingerprint density at radius 3 is 2.44 bits per heavy atom. The zero-order chi connectivity index (χ0) is 12.0. The third-order valence-electron chi connectivity index (χ3n) is 2.01. The Morgan fingerprint density at radius 1 is 1.25 bits per heavy atom. The maximum absolute atomic E-state index is 9.61. The standard InChI is InChI=1S/C14H19NO/c1-14(2,16)12-15(3)11-7-10-13-8-5-4-6-9-13/h4-6,8-9,16H,11-12H2,1-3H3. The van der Waals surface area contributed by atoms with Gasteiger partial charge in [0.15, 0.2) is 0 Å². The quantitative estimate of drug-likeness (QED) is 0.780. The van der Waals surface area contributed by atoms with Gasteiger partial charge >= 0.3 is 0 Å². The van der Waals surface area contributed by atoms with Crippen molar-refractivity contribution in [2.45, 2.75) is 19.4 Å². The summed E-state index contributed by atoms with van der Waals surface area (Å²) in [5, 5.41) is 9.61. The number of benzene rings is 1. The zero-order valence-electron chi connectivity index (χ0n) is 10.2. The van der Waals surface area contributed by atoms with Gasteiger partial charge in [-0.3, -0.25) is 4.90 Å². The molecular formula is C14H19NO. The number of likely N-dealkylation sites (N-methyl/N-ethyl adjacent to an activating group) is 1. The number of nitrogens with zero attached hydrogens (tertiary/aromatic N) is 1. The second kappa shape index (κ2) is 5.69. The van der Waals surface area contributed by atoms with E-state index in [0.29, 0.717) is 13.1 Å². The molecule has 0 radical (unpaired) electrons. The minimum absolute atomic E-state index is 0.621. The fourth-order valence-corrected chi connectivity index (χ4v) is 1.51. The Labute approximate surface area is 97.9 Å². The van der Waals surface area contributed by atoms with Crippen molar-refractivity contribution in [3.05, 3.63) is 35.9 Å². The Bertz CT molecular complexity index is 367. The molecule has 0 aliphatic carbocycles. The van der Waals surface area contributed by atoms with Gasteiger partial charge in [-0.05, 0) is 33.0 Å². The molecule has 1 aromatic rings. The molecule has 0 saturated heterocycles. The largest absolute Gasteiger partial charge is 0.389 e. The highest BCUT2D eigenvalue weighted by molar-refractivity contribution is 5.33. The summed E-state index contributed by atoms with van der Waals surface area (Å²) in [6, 6.07) is 9.91. The summed E-state index contributed by atoms with van der Waals surface area (Å²) in [7, 11) is 1.96. The Hall–Kier alpha value is -1.30. The first-order chi connectivity index (χ1) is 7.47. The number of hydrogen-bond acceptors (Lipinski definition) is 2. The van der Waals surface area contributed by atoms with Crippen LogP contribution >= 0.6 is 0 Å². The molecule has 0 amide bonds. The maximum Gasteiger partial charge on any atom is 0.0718 e. The van der Waals surface area contributed by atoms with Crippen LogP contribution in [0.15, 0.2) is 30.3 Å². The van der Waals surface area contributed by atoms with Crippen molar-refractivity contribution in [3.63, 3.8) is 0 Å². The van der Waals surface area contributed by atoms with Gasteiger partial charge in [0.2, 0.25) is 0 Å². The molecule has 1 aromatic carbocycles. The molecule has 0 saturated carbocycles. The minimum Gasteiger partial charge on any atom is -0.389 e. The number of rotatable bonds is 3. The van der Waals surface area contributed by atoms with E-state index in [-0.39, 0.29) is 0 Å². The molecule has 86 valence electrons. The average Bonchev–Trinajstić information content (AvgIpc) is 2.16. The van der Waals surface area contributed by atoms with Gasteiger partial charge in [-0.2, -0.15) is 0 Å². The van der Waals surface area contributed by atoms with Crippen LogP contribution in [-0.4, -0.2) is 35.7 Å². The van der Waals surface area contributed by atoms with Gasteiger partial charge in [0.25, 0.3) is 0 Å². The molecular weight excluding hydrogens is 198 g/mol. The lowest BCUT2D eigenvalue weighted by Crippen LogP contribution is -2.36. The van der Waals surface area contributed by atoms with Gasteiger partial charge in [-0.15, -0.1) is 0 Å². The summed E-state index contributed by atoms with van der Waals surface area (Å²) < 4.78 is 0. The molecule has 2 heteroatoms. The Morgan fingerprint density at radius 2 is 1.88 bits per heavy atom. The van der Waals surface area contributed by atoms with E-state index in [1.807, 2.05) is 42.3 Å². The van der Waals surface area contributed by atoms with E-state index in [9.17, 15) is 5.11 Å². The van der Waals surface area contributed by atoms with Crippen molar-refractivity contribution in [3.8, 4) is 11.8 Å². The van der Waals surface area contributed by atoms with Crippen molar-refractivity contribution in [1.29, 1.82) is 0 Å². The van der Waals surface area contributed by atoms with E-state index in [2.05, 4.69) is 11.8 Å². The van der Waals surface area contributed by atoms with Gasteiger partial charge in [0, 0.05) is 12.1 Å². The molecule has 0 atom stereocenters. The first kappa shape index (κ1) is 12.8. The summed E-state index contributed by atoms with van der Waals surface area (Å²) in [5.74, 6) is 6.18. The summed E-state index contributed by atoms with van der Waals surface area (Å²) in [4.78, 5) is 2.01. The van der Waals surface area contributed by atoms with E-state index < -0.39 is 5.60 Å². The normalized spacial score (nSPS) is 11.1. The predicted molar refractivity (Wildman–Crippen MR) is 67.1 cm³/mol. The van der Waals surface area contributed by atoms with Crippen LogP contribution in [0.2, 0.25) is 0 Å². The maximum atomic E-state index is 9.61. The molecule has 0 aromatic heterocycles. The molecule has 0 aliphatic heterocycles. The van der Waals surface area contributed by atoms with E-state index in [4.69, 9.17) is 0 Å². The Kier molecular flexibility index (Phi) is 4.54. The van der Waals surface area contributed by atoms with Crippen molar-refractivity contribution < 1.29 is 5.11 Å². The molecule has 16 heavy (non-hydrogen) atoms. The summed E-state index contributed by atoms with van der Waals surface area (Å²) in [6.07, 6.45) is 0. The van der Waals surface area contributed by atoms with Gasteiger partial charge in [-0.25, -0.2) is 0 Å². The van der Waals surface area contributed by atoms with Gasteiger partial charge in [-0.1, -0.05) is 30.0 Å². The third-order valence-corrected chi connectivity index (χ3v) is 2.01. The fraction of sp³-hybridized carbons (Fsp3) is 0.429. The average molecular weight is 217 g/mol. The smallest absolute Gasteiger partial charge is 0.0718 e. The molecule has 2 nitrogen and oxygen atoms in total. The summed E-state index contributed by atoms with van der Waals surface area (Å²) in [6.45, 7) is 4.89. The lowest BCUT2D eigenvalue weighted by atomic mass is 10.1. The highest BCUT2D eigenvalue weighted by Crippen LogP contribution is 2.02. The molecule has 0 heterocycles. The second-order valence-corrected chi connectivity index (χ2v) is 4.65. The molecule has 1 N–H and O–H groups in total. The minimum atomic E-state index is -0.664. The van der Waals surface area contributed by atoms with Crippen LogP contribution in [0.25, 0.3) is 0 Å². The highest BCUT2D eigenvalue weighted by atomic mass is 16.3. The van der Waals surface area contributed by atoms with Crippen molar-refractivity contribution in [1.82, 2.24) is 4.90 Å². The zero-order valence-corrected chi connectivity index (χ0v) is 10.2. The van der Waals surface area contributed by atoms with Crippen LogP contribution in [0.3, 0.4) is 0 Å². The molecule has 0 fully saturated rings. The summed E-state index contributed by atoms with van der Waals surface area (Å²) in [5.41, 5.74) is 0.363. The summed E-state index contributed by atoms with van der Waals surface area (Å²) >= 11 is 0. The van der Waals surface area contributed by atoms with Crippen LogP contribution < -0.4 is 0 Å². The van der Waals surface area contributed by atoms with E-state index >= 15 is 0 Å². The lowest BCUT2D eigenvalue weighted by molar-refractivity contribution is 0.0484. The third kappa shape index (κ3) is 5.55. The molecule has 0 spiro atoms. The van der Waals surface area contributed by atoms with Gasteiger partial charge < -0.3 is 5.11 Å². The van der Waals surface area contributed by atoms with Crippen molar-refractivity contribution in [2.24, 2.45) is 0 Å².